The minimum absolute atomic E-state index is 0.498. The maximum absolute atomic E-state index is 8.83. The maximum Gasteiger partial charge on any atom is 0.0747 e. The molecule has 17 heavy (non-hydrogen) atoms. The van der Waals surface area contributed by atoms with Gasteiger partial charge in [0.05, 0.1) is 21.4 Å². The number of anilines is 2. The first-order valence-electron chi connectivity index (χ1n) is 5.44. The Morgan fingerprint density at radius 3 is 2.12 bits per heavy atom. The summed E-state index contributed by atoms with van der Waals surface area (Å²) < 4.78 is 0. The molecule has 0 radical (unpaired) electrons. The first-order valence-corrected chi connectivity index (χ1v) is 6.20. The Hall–Kier alpha value is -0.680. The highest BCUT2D eigenvalue weighted by molar-refractivity contribution is 6.39. The number of benzene rings is 1. The van der Waals surface area contributed by atoms with Crippen molar-refractivity contribution in [1.29, 1.82) is 0 Å². The van der Waals surface area contributed by atoms with E-state index < -0.39 is 0 Å². The summed E-state index contributed by atoms with van der Waals surface area (Å²) in [6.07, 6.45) is 0. The summed E-state index contributed by atoms with van der Waals surface area (Å²) in [6, 6.07) is 3.34. The molecule has 0 saturated carbocycles. The SMILES string of the molecule is CN1CCN(c2c(Cl)cc(NO)cc2Cl)CC1. The Labute approximate surface area is 111 Å². The van der Waals surface area contributed by atoms with Crippen LogP contribution in [0.4, 0.5) is 11.4 Å². The molecule has 1 aliphatic heterocycles. The zero-order chi connectivity index (χ0) is 12.4. The molecule has 0 atom stereocenters. The first-order chi connectivity index (χ1) is 8.11. The maximum atomic E-state index is 8.83. The molecule has 2 rings (SSSR count). The van der Waals surface area contributed by atoms with E-state index in [9.17, 15) is 0 Å². The van der Waals surface area contributed by atoms with Crippen LogP contribution in [0.2, 0.25) is 10.0 Å². The van der Waals surface area contributed by atoms with Gasteiger partial charge in [0.15, 0.2) is 0 Å². The lowest BCUT2D eigenvalue weighted by atomic mass is 10.2. The number of hydrogen-bond donors (Lipinski definition) is 2. The third-order valence-electron chi connectivity index (χ3n) is 2.97. The van der Waals surface area contributed by atoms with E-state index >= 15 is 0 Å². The number of halogens is 2. The lowest BCUT2D eigenvalue weighted by Gasteiger charge is -2.35. The minimum atomic E-state index is 0.498. The summed E-state index contributed by atoms with van der Waals surface area (Å²) in [4.78, 5) is 4.44. The van der Waals surface area contributed by atoms with Crippen molar-refractivity contribution < 1.29 is 5.21 Å². The number of nitrogens with one attached hydrogen (secondary N) is 1. The van der Waals surface area contributed by atoms with Crippen molar-refractivity contribution in [3.05, 3.63) is 22.2 Å². The Morgan fingerprint density at radius 1 is 1.12 bits per heavy atom. The number of nitrogens with zero attached hydrogens (tertiary/aromatic N) is 2. The molecule has 0 amide bonds. The molecule has 1 saturated heterocycles. The van der Waals surface area contributed by atoms with Crippen LogP contribution in [0.1, 0.15) is 0 Å². The molecule has 1 aromatic rings. The topological polar surface area (TPSA) is 38.7 Å². The first kappa shape index (κ1) is 12.8. The van der Waals surface area contributed by atoms with E-state index in [2.05, 4.69) is 22.3 Å². The summed E-state index contributed by atoms with van der Waals surface area (Å²) in [5.41, 5.74) is 3.40. The van der Waals surface area contributed by atoms with Gasteiger partial charge in [-0.25, -0.2) is 0 Å². The van der Waals surface area contributed by atoms with E-state index in [1.54, 1.807) is 12.1 Å². The van der Waals surface area contributed by atoms with Crippen LogP contribution in [-0.4, -0.2) is 43.3 Å². The monoisotopic (exact) mass is 275 g/mol. The largest absolute Gasteiger partial charge is 0.367 e. The smallest absolute Gasteiger partial charge is 0.0747 e. The van der Waals surface area contributed by atoms with Crippen LogP contribution in [-0.2, 0) is 0 Å². The Kier molecular flexibility index (Phi) is 3.99. The Bertz CT molecular complexity index is 383. The van der Waals surface area contributed by atoms with E-state index in [4.69, 9.17) is 28.4 Å². The molecule has 1 aromatic carbocycles. The molecule has 0 aliphatic carbocycles. The third-order valence-corrected chi connectivity index (χ3v) is 3.54. The van der Waals surface area contributed by atoms with Crippen molar-refractivity contribution in [3.8, 4) is 0 Å². The lowest BCUT2D eigenvalue weighted by molar-refractivity contribution is 0.313. The second-order valence-corrected chi connectivity index (χ2v) is 5.01. The molecule has 1 fully saturated rings. The van der Waals surface area contributed by atoms with Crippen LogP contribution in [0.3, 0.4) is 0 Å². The third kappa shape index (κ3) is 2.77. The van der Waals surface area contributed by atoms with Crippen molar-refractivity contribution in [2.75, 3.05) is 43.6 Å². The van der Waals surface area contributed by atoms with Gasteiger partial charge in [-0.05, 0) is 19.2 Å². The van der Waals surface area contributed by atoms with Crippen LogP contribution in [0.25, 0.3) is 0 Å². The van der Waals surface area contributed by atoms with Gasteiger partial charge >= 0.3 is 0 Å². The number of piperazine rings is 1. The minimum Gasteiger partial charge on any atom is -0.367 e. The second-order valence-electron chi connectivity index (χ2n) is 4.19. The molecule has 0 bridgehead atoms. The van der Waals surface area contributed by atoms with Gasteiger partial charge in [0.25, 0.3) is 0 Å². The van der Waals surface area contributed by atoms with Gasteiger partial charge in [-0.1, -0.05) is 23.2 Å². The van der Waals surface area contributed by atoms with Crippen molar-refractivity contribution in [2.24, 2.45) is 0 Å². The standard InChI is InChI=1S/C11H15Cl2N3O/c1-15-2-4-16(5-3-15)11-9(12)6-8(14-17)7-10(11)13/h6-7,14,17H,2-5H2,1H3. The van der Waals surface area contributed by atoms with Crippen molar-refractivity contribution >= 4 is 34.6 Å². The zero-order valence-corrected chi connectivity index (χ0v) is 11.1. The molecule has 4 nitrogen and oxygen atoms in total. The fourth-order valence-electron chi connectivity index (χ4n) is 1.96. The van der Waals surface area contributed by atoms with Gasteiger partial charge in [0.2, 0.25) is 0 Å². The van der Waals surface area contributed by atoms with E-state index in [1.807, 2.05) is 0 Å². The zero-order valence-electron chi connectivity index (χ0n) is 9.58. The molecule has 6 heteroatoms. The highest BCUT2D eigenvalue weighted by atomic mass is 35.5. The molecule has 0 spiro atoms. The highest BCUT2D eigenvalue weighted by Crippen LogP contribution is 2.36. The van der Waals surface area contributed by atoms with Crippen LogP contribution >= 0.6 is 23.2 Å². The van der Waals surface area contributed by atoms with Crippen molar-refractivity contribution in [3.63, 3.8) is 0 Å². The molecule has 94 valence electrons. The predicted molar refractivity (Wildman–Crippen MR) is 71.6 cm³/mol. The Balaban J connectivity index is 2.26. The second kappa shape index (κ2) is 5.31. The number of likely N-dealkylation sites (N-methyl/N-ethyl adjacent to an activating group) is 1. The quantitative estimate of drug-likeness (QED) is 0.814. The average molecular weight is 276 g/mol. The Morgan fingerprint density at radius 2 is 1.65 bits per heavy atom. The predicted octanol–water partition coefficient (Wildman–Crippen LogP) is 2.55. The van der Waals surface area contributed by atoms with Gasteiger partial charge in [0.1, 0.15) is 0 Å². The normalized spacial score (nSPS) is 17.3. The van der Waals surface area contributed by atoms with Gasteiger partial charge in [0, 0.05) is 26.2 Å². The number of hydrogen-bond acceptors (Lipinski definition) is 4. The van der Waals surface area contributed by atoms with Crippen molar-refractivity contribution in [1.82, 2.24) is 4.90 Å². The van der Waals surface area contributed by atoms with Crippen molar-refractivity contribution in [2.45, 2.75) is 0 Å². The van der Waals surface area contributed by atoms with Gasteiger partial charge in [-0.15, -0.1) is 0 Å². The van der Waals surface area contributed by atoms with Gasteiger partial charge in [-0.2, -0.15) is 0 Å². The lowest BCUT2D eigenvalue weighted by Crippen LogP contribution is -2.44. The van der Waals surface area contributed by atoms with Crippen LogP contribution in [0.5, 0.6) is 0 Å². The van der Waals surface area contributed by atoms with E-state index in [0.717, 1.165) is 31.9 Å². The molecule has 1 heterocycles. The molecule has 1 aliphatic rings. The fourth-order valence-corrected chi connectivity index (χ4v) is 2.69. The molecule has 2 N–H and O–H groups in total. The van der Waals surface area contributed by atoms with Crippen LogP contribution < -0.4 is 10.4 Å². The molecule has 0 unspecified atom stereocenters. The summed E-state index contributed by atoms with van der Waals surface area (Å²) in [6.45, 7) is 3.79. The van der Waals surface area contributed by atoms with E-state index in [1.165, 1.54) is 0 Å². The summed E-state index contributed by atoms with van der Waals surface area (Å²) in [5, 5.41) is 9.94. The van der Waals surface area contributed by atoms with Crippen LogP contribution in [0, 0.1) is 0 Å². The molecular weight excluding hydrogens is 261 g/mol. The van der Waals surface area contributed by atoms with Gasteiger partial charge in [-0.3, -0.25) is 10.7 Å². The summed E-state index contributed by atoms with van der Waals surface area (Å²) in [7, 11) is 2.10. The molecule has 0 aromatic heterocycles. The van der Waals surface area contributed by atoms with Gasteiger partial charge < -0.3 is 9.80 Å². The number of rotatable bonds is 2. The highest BCUT2D eigenvalue weighted by Gasteiger charge is 2.19. The average Bonchev–Trinajstić information content (AvgIpc) is 2.30. The van der Waals surface area contributed by atoms with E-state index in [0.29, 0.717) is 15.7 Å². The summed E-state index contributed by atoms with van der Waals surface area (Å²) in [5.74, 6) is 0. The summed E-state index contributed by atoms with van der Waals surface area (Å²) >= 11 is 12.4. The van der Waals surface area contributed by atoms with E-state index in [-0.39, 0.29) is 0 Å². The van der Waals surface area contributed by atoms with Crippen LogP contribution in [0.15, 0.2) is 12.1 Å². The molecular formula is C11H15Cl2N3O. The fraction of sp³-hybridized carbons (Fsp3) is 0.455.